The number of amides is 1. The molecular weight excluding hydrogens is 383 g/mol. The van der Waals surface area contributed by atoms with Gasteiger partial charge in [0.25, 0.3) is 5.91 Å². The Kier molecular flexibility index (Phi) is 6.16. The van der Waals surface area contributed by atoms with E-state index >= 15 is 0 Å². The van der Waals surface area contributed by atoms with E-state index in [0.29, 0.717) is 27.8 Å². The van der Waals surface area contributed by atoms with Gasteiger partial charge in [-0.15, -0.1) is 11.3 Å². The monoisotopic (exact) mass is 400 g/mol. The first-order chi connectivity index (χ1) is 13.5. The Morgan fingerprint density at radius 3 is 2.96 bits per heavy atom. The average molecular weight is 400 g/mol. The minimum Gasteiger partial charge on any atom is -0.396 e. The number of hydroxylamine groups is 1. The summed E-state index contributed by atoms with van der Waals surface area (Å²) in [6.45, 7) is 1.86. The summed E-state index contributed by atoms with van der Waals surface area (Å²) in [5.74, 6) is -1.01. The molecule has 3 rings (SSSR count). The van der Waals surface area contributed by atoms with Gasteiger partial charge in [0.15, 0.2) is 0 Å². The zero-order valence-corrected chi connectivity index (χ0v) is 15.8. The minimum atomic E-state index is -0.543. The number of aliphatic hydroxyl groups excluding tert-OH is 1. The normalized spacial score (nSPS) is 10.6. The molecule has 0 aliphatic heterocycles. The van der Waals surface area contributed by atoms with Crippen molar-refractivity contribution >= 4 is 38.7 Å². The summed E-state index contributed by atoms with van der Waals surface area (Å²) < 4.78 is 14.9. The van der Waals surface area contributed by atoms with Crippen LogP contribution in [0.2, 0.25) is 0 Å². The van der Waals surface area contributed by atoms with Crippen LogP contribution < -0.4 is 10.8 Å². The molecule has 2 heterocycles. The fourth-order valence-corrected chi connectivity index (χ4v) is 3.61. The van der Waals surface area contributed by atoms with E-state index in [2.05, 4.69) is 15.8 Å². The number of carbonyl (C=O) groups is 1. The van der Waals surface area contributed by atoms with Gasteiger partial charge < -0.3 is 10.4 Å². The van der Waals surface area contributed by atoms with Crippen molar-refractivity contribution in [2.75, 3.05) is 18.5 Å². The Bertz CT molecular complexity index is 1060. The summed E-state index contributed by atoms with van der Waals surface area (Å²) >= 11 is 1.09. The first-order valence-corrected chi connectivity index (χ1v) is 9.23. The highest BCUT2D eigenvalue weighted by Crippen LogP contribution is 2.39. The quantitative estimate of drug-likeness (QED) is 0.414. The number of nitrogens with one attached hydrogen (secondary N) is 2. The summed E-state index contributed by atoms with van der Waals surface area (Å²) in [4.78, 5) is 21.9. The van der Waals surface area contributed by atoms with Crippen LogP contribution in [-0.2, 0) is 4.84 Å². The Balaban J connectivity index is 2.02. The smallest absolute Gasteiger partial charge is 0.287 e. The number of aromatic nitrogens is 1. The van der Waals surface area contributed by atoms with E-state index in [1.54, 1.807) is 19.1 Å². The average Bonchev–Trinajstić information content (AvgIpc) is 3.06. The third-order valence-corrected chi connectivity index (χ3v) is 5.11. The van der Waals surface area contributed by atoms with Crippen molar-refractivity contribution < 1.29 is 19.1 Å². The highest BCUT2D eigenvalue weighted by molar-refractivity contribution is 7.21. The first kappa shape index (κ1) is 19.7. The van der Waals surface area contributed by atoms with Crippen molar-refractivity contribution in [3.8, 4) is 6.07 Å². The number of thiophene rings is 1. The second kappa shape index (κ2) is 8.75. The van der Waals surface area contributed by atoms with Crippen molar-refractivity contribution in [1.82, 2.24) is 10.5 Å². The lowest BCUT2D eigenvalue weighted by Crippen LogP contribution is -2.24. The van der Waals surface area contributed by atoms with Crippen LogP contribution in [-0.4, -0.2) is 29.2 Å². The second-order valence-electron chi connectivity index (χ2n) is 5.95. The van der Waals surface area contributed by atoms with Gasteiger partial charge in [0, 0.05) is 24.4 Å². The molecule has 1 amide bonds. The molecule has 7 nitrogen and oxygen atoms in total. The number of carbonyl (C=O) groups excluding carboxylic acids is 1. The summed E-state index contributed by atoms with van der Waals surface area (Å²) in [5.41, 5.74) is 3.93. The van der Waals surface area contributed by atoms with Crippen LogP contribution in [0.3, 0.4) is 0 Å². The zero-order chi connectivity index (χ0) is 20.1. The lowest BCUT2D eigenvalue weighted by atomic mass is 10.2. The van der Waals surface area contributed by atoms with Gasteiger partial charge in [0.05, 0.1) is 28.2 Å². The molecule has 0 aliphatic rings. The molecule has 2 aromatic heterocycles. The number of aryl methyl sites for hydroxylation is 1. The van der Waals surface area contributed by atoms with Crippen LogP contribution in [0.15, 0.2) is 30.6 Å². The lowest BCUT2D eigenvalue weighted by molar-refractivity contribution is 0.0266. The SMILES string of the molecule is Cc1ccc(Nc2c(C(=O)NOCCCO)sc3c(C#N)cncc23)c(F)c1. The molecule has 0 unspecified atom stereocenters. The second-order valence-corrected chi connectivity index (χ2v) is 6.97. The van der Waals surface area contributed by atoms with E-state index in [1.165, 1.54) is 18.5 Å². The number of anilines is 2. The molecule has 0 fully saturated rings. The molecule has 0 saturated heterocycles. The maximum atomic E-state index is 14.3. The standard InChI is InChI=1S/C19H17FN4O3S/c1-11-3-4-15(14(20)7-11)23-16-13-10-22-9-12(8-21)17(13)28-18(16)19(26)24-27-6-2-5-25/h3-4,7,9-10,23,25H,2,5-6H2,1H3,(H,24,26). The van der Waals surface area contributed by atoms with Gasteiger partial charge in [-0.25, -0.2) is 9.87 Å². The van der Waals surface area contributed by atoms with Gasteiger partial charge in [-0.3, -0.25) is 14.6 Å². The van der Waals surface area contributed by atoms with E-state index < -0.39 is 11.7 Å². The Labute approximate surface area is 164 Å². The molecule has 0 saturated carbocycles. The van der Waals surface area contributed by atoms with Crippen molar-refractivity contribution in [2.45, 2.75) is 13.3 Å². The molecule has 3 aromatic rings. The minimum absolute atomic E-state index is 0.0601. The largest absolute Gasteiger partial charge is 0.396 e. The van der Waals surface area contributed by atoms with Crippen molar-refractivity contribution in [2.24, 2.45) is 0 Å². The van der Waals surface area contributed by atoms with Crippen LogP contribution in [0.5, 0.6) is 0 Å². The zero-order valence-electron chi connectivity index (χ0n) is 15.0. The summed E-state index contributed by atoms with van der Waals surface area (Å²) in [7, 11) is 0. The van der Waals surface area contributed by atoms with Gasteiger partial charge >= 0.3 is 0 Å². The summed E-state index contributed by atoms with van der Waals surface area (Å²) in [5, 5.41) is 21.6. The fourth-order valence-electron chi connectivity index (χ4n) is 2.53. The Morgan fingerprint density at radius 2 is 2.25 bits per heavy atom. The van der Waals surface area contributed by atoms with Crippen LogP contribution in [0.4, 0.5) is 15.8 Å². The molecule has 28 heavy (non-hydrogen) atoms. The molecule has 0 aliphatic carbocycles. The van der Waals surface area contributed by atoms with E-state index in [9.17, 15) is 14.4 Å². The topological polar surface area (TPSA) is 107 Å². The van der Waals surface area contributed by atoms with Gasteiger partial charge in [-0.2, -0.15) is 5.26 Å². The molecule has 3 N–H and O–H groups in total. The van der Waals surface area contributed by atoms with E-state index in [-0.39, 0.29) is 23.8 Å². The van der Waals surface area contributed by atoms with Crippen LogP contribution in [0.25, 0.3) is 10.1 Å². The number of nitriles is 1. The third kappa shape index (κ3) is 4.09. The van der Waals surface area contributed by atoms with Crippen molar-refractivity contribution in [1.29, 1.82) is 5.26 Å². The molecule has 9 heteroatoms. The van der Waals surface area contributed by atoms with Crippen LogP contribution >= 0.6 is 11.3 Å². The first-order valence-electron chi connectivity index (χ1n) is 8.42. The van der Waals surface area contributed by atoms with E-state index in [4.69, 9.17) is 9.94 Å². The molecule has 0 spiro atoms. The van der Waals surface area contributed by atoms with E-state index in [1.807, 2.05) is 6.07 Å². The molecule has 144 valence electrons. The molecule has 0 bridgehead atoms. The third-order valence-electron chi connectivity index (χ3n) is 3.88. The predicted octanol–water partition coefficient (Wildman–Crippen LogP) is 3.40. The maximum Gasteiger partial charge on any atom is 0.287 e. The number of aliphatic hydroxyl groups is 1. The Hall–Kier alpha value is -3.06. The summed E-state index contributed by atoms with van der Waals surface area (Å²) in [6, 6.07) is 6.76. The maximum absolute atomic E-state index is 14.3. The van der Waals surface area contributed by atoms with E-state index in [0.717, 1.165) is 16.9 Å². The lowest BCUT2D eigenvalue weighted by Gasteiger charge is -2.10. The fraction of sp³-hybridized carbons (Fsp3) is 0.211. The number of halogens is 1. The summed E-state index contributed by atoms with van der Waals surface area (Å²) in [6.07, 6.45) is 3.30. The Morgan fingerprint density at radius 1 is 1.43 bits per heavy atom. The van der Waals surface area contributed by atoms with Crippen LogP contribution in [0, 0.1) is 24.1 Å². The number of fused-ring (bicyclic) bond motifs is 1. The highest BCUT2D eigenvalue weighted by Gasteiger charge is 2.22. The molecule has 0 atom stereocenters. The molecule has 0 radical (unpaired) electrons. The molecule has 1 aromatic carbocycles. The van der Waals surface area contributed by atoms with Gasteiger partial charge in [0.1, 0.15) is 16.8 Å². The number of benzene rings is 1. The number of hydrogen-bond acceptors (Lipinski definition) is 7. The highest BCUT2D eigenvalue weighted by atomic mass is 32.1. The number of hydrogen-bond donors (Lipinski definition) is 3. The predicted molar refractivity (Wildman–Crippen MR) is 104 cm³/mol. The van der Waals surface area contributed by atoms with Crippen LogP contribution in [0.1, 0.15) is 27.2 Å². The van der Waals surface area contributed by atoms with Crippen molar-refractivity contribution in [3.63, 3.8) is 0 Å². The number of rotatable bonds is 7. The van der Waals surface area contributed by atoms with Gasteiger partial charge in [-0.05, 0) is 31.0 Å². The number of pyridine rings is 1. The van der Waals surface area contributed by atoms with Gasteiger partial charge in [-0.1, -0.05) is 6.07 Å². The van der Waals surface area contributed by atoms with Gasteiger partial charge in [0.2, 0.25) is 0 Å². The molecular formula is C19H17FN4O3S. The number of nitrogens with zero attached hydrogens (tertiary/aromatic N) is 2. The van der Waals surface area contributed by atoms with Crippen molar-refractivity contribution in [3.05, 3.63) is 52.4 Å².